The Balaban J connectivity index is 2.29. The summed E-state index contributed by atoms with van der Waals surface area (Å²) in [5.74, 6) is -0.365. The van der Waals surface area contributed by atoms with Gasteiger partial charge in [0.05, 0.1) is 11.9 Å². The maximum Gasteiger partial charge on any atom is 0.142 e. The number of nitrogens with two attached hydrogens (primary N) is 1. The summed E-state index contributed by atoms with van der Waals surface area (Å²) in [7, 11) is 0. The summed E-state index contributed by atoms with van der Waals surface area (Å²) < 4.78 is 12.9. The zero-order valence-electron chi connectivity index (χ0n) is 8.07. The lowest BCUT2D eigenvalue weighted by Crippen LogP contribution is -2.02. The zero-order chi connectivity index (χ0) is 10.7. The minimum atomic E-state index is -0.365. The predicted octanol–water partition coefficient (Wildman–Crippen LogP) is 1.11. The first kappa shape index (κ1) is 9.79. The van der Waals surface area contributed by atoms with E-state index in [-0.39, 0.29) is 5.82 Å². The number of hydrogen-bond donors (Lipinski definition) is 2. The molecule has 0 fully saturated rings. The third-order valence-electron chi connectivity index (χ3n) is 2.05. The maximum atomic E-state index is 12.9. The van der Waals surface area contributed by atoms with Gasteiger partial charge in [-0.1, -0.05) is 0 Å². The van der Waals surface area contributed by atoms with Gasteiger partial charge in [-0.2, -0.15) is 5.10 Å². The van der Waals surface area contributed by atoms with Gasteiger partial charge in [-0.3, -0.25) is 10.1 Å². The molecule has 2 rings (SSSR count). The Hall–Kier alpha value is -1.75. The van der Waals surface area contributed by atoms with Crippen molar-refractivity contribution in [2.75, 3.05) is 6.54 Å². The number of hydrogen-bond acceptors (Lipinski definition) is 3. The molecule has 78 valence electrons. The van der Waals surface area contributed by atoms with Crippen LogP contribution in [0.25, 0.3) is 11.3 Å². The molecular formula is C10H11FN4. The topological polar surface area (TPSA) is 67.6 Å². The van der Waals surface area contributed by atoms with E-state index < -0.39 is 0 Å². The Morgan fingerprint density at radius 3 is 2.93 bits per heavy atom. The average Bonchev–Trinajstić information content (AvgIpc) is 2.67. The Labute approximate surface area is 86.3 Å². The van der Waals surface area contributed by atoms with Crippen molar-refractivity contribution < 1.29 is 4.39 Å². The number of nitrogens with one attached hydrogen (secondary N) is 1. The second kappa shape index (κ2) is 4.18. The third kappa shape index (κ3) is 2.19. The average molecular weight is 206 g/mol. The lowest BCUT2D eigenvalue weighted by atomic mass is 10.2. The van der Waals surface area contributed by atoms with Gasteiger partial charge in [-0.25, -0.2) is 4.39 Å². The lowest BCUT2D eigenvalue weighted by Gasteiger charge is -1.94. The van der Waals surface area contributed by atoms with E-state index in [9.17, 15) is 4.39 Å². The maximum absolute atomic E-state index is 12.9. The first-order valence-electron chi connectivity index (χ1n) is 4.65. The molecule has 0 unspecified atom stereocenters. The van der Waals surface area contributed by atoms with Crippen molar-refractivity contribution in [1.29, 1.82) is 0 Å². The normalized spacial score (nSPS) is 10.5. The molecule has 5 heteroatoms. The minimum absolute atomic E-state index is 0.365. The molecule has 2 heterocycles. The van der Waals surface area contributed by atoms with E-state index in [0.29, 0.717) is 17.8 Å². The lowest BCUT2D eigenvalue weighted by molar-refractivity contribution is 0.622. The zero-order valence-corrected chi connectivity index (χ0v) is 8.07. The number of halogens is 1. The van der Waals surface area contributed by atoms with Crippen molar-refractivity contribution in [1.82, 2.24) is 15.2 Å². The quantitative estimate of drug-likeness (QED) is 0.790. The van der Waals surface area contributed by atoms with Crippen molar-refractivity contribution in [3.63, 3.8) is 0 Å². The SMILES string of the molecule is NCCc1cc(-c2cncc(F)c2)n[nH]1. The van der Waals surface area contributed by atoms with E-state index in [4.69, 9.17) is 5.73 Å². The summed E-state index contributed by atoms with van der Waals surface area (Å²) in [6.45, 7) is 0.559. The fourth-order valence-electron chi connectivity index (χ4n) is 1.35. The van der Waals surface area contributed by atoms with Crippen molar-refractivity contribution in [3.05, 3.63) is 36.0 Å². The molecule has 0 aliphatic rings. The Bertz CT molecular complexity index is 452. The molecule has 0 bridgehead atoms. The highest BCUT2D eigenvalue weighted by Crippen LogP contribution is 2.17. The molecule has 4 nitrogen and oxygen atoms in total. The van der Waals surface area contributed by atoms with Gasteiger partial charge < -0.3 is 5.73 Å². The molecule has 0 amide bonds. The van der Waals surface area contributed by atoms with Crippen molar-refractivity contribution in [3.8, 4) is 11.3 Å². The van der Waals surface area contributed by atoms with E-state index in [1.807, 2.05) is 6.07 Å². The highest BCUT2D eigenvalue weighted by Gasteiger charge is 2.04. The van der Waals surface area contributed by atoms with Crippen LogP contribution in [0.15, 0.2) is 24.5 Å². The highest BCUT2D eigenvalue weighted by molar-refractivity contribution is 5.57. The summed E-state index contributed by atoms with van der Waals surface area (Å²) >= 11 is 0. The number of nitrogens with zero attached hydrogens (tertiary/aromatic N) is 2. The molecule has 0 aromatic carbocycles. The van der Waals surface area contributed by atoms with E-state index >= 15 is 0 Å². The summed E-state index contributed by atoms with van der Waals surface area (Å²) in [5, 5.41) is 6.90. The summed E-state index contributed by atoms with van der Waals surface area (Å²) in [4.78, 5) is 3.76. The second-order valence-corrected chi connectivity index (χ2v) is 3.21. The fourth-order valence-corrected chi connectivity index (χ4v) is 1.35. The Kier molecular flexibility index (Phi) is 2.73. The van der Waals surface area contributed by atoms with Crippen LogP contribution >= 0.6 is 0 Å². The van der Waals surface area contributed by atoms with Gasteiger partial charge in [0.2, 0.25) is 0 Å². The largest absolute Gasteiger partial charge is 0.330 e. The Morgan fingerprint density at radius 1 is 1.33 bits per heavy atom. The molecule has 0 saturated heterocycles. The van der Waals surface area contributed by atoms with Crippen LogP contribution in [-0.2, 0) is 6.42 Å². The van der Waals surface area contributed by atoms with Gasteiger partial charge in [0.25, 0.3) is 0 Å². The number of pyridine rings is 1. The third-order valence-corrected chi connectivity index (χ3v) is 2.05. The number of aromatic nitrogens is 3. The first-order valence-corrected chi connectivity index (χ1v) is 4.65. The second-order valence-electron chi connectivity index (χ2n) is 3.21. The van der Waals surface area contributed by atoms with Crippen molar-refractivity contribution >= 4 is 0 Å². The molecule has 0 atom stereocenters. The van der Waals surface area contributed by atoms with Gasteiger partial charge in [0.15, 0.2) is 0 Å². The van der Waals surface area contributed by atoms with Crippen molar-refractivity contribution in [2.24, 2.45) is 5.73 Å². The molecular weight excluding hydrogens is 195 g/mol. The molecule has 3 N–H and O–H groups in total. The monoisotopic (exact) mass is 206 g/mol. The molecule has 0 spiro atoms. The Morgan fingerprint density at radius 2 is 2.20 bits per heavy atom. The van der Waals surface area contributed by atoms with E-state index in [1.165, 1.54) is 6.07 Å². The van der Waals surface area contributed by atoms with Crippen LogP contribution in [0, 0.1) is 5.82 Å². The van der Waals surface area contributed by atoms with Crippen LogP contribution in [0.5, 0.6) is 0 Å². The van der Waals surface area contributed by atoms with Crippen molar-refractivity contribution in [2.45, 2.75) is 6.42 Å². The smallest absolute Gasteiger partial charge is 0.142 e. The van der Waals surface area contributed by atoms with E-state index in [1.54, 1.807) is 6.20 Å². The van der Waals surface area contributed by atoms with Crippen LogP contribution in [0.3, 0.4) is 0 Å². The van der Waals surface area contributed by atoms with Crippen LogP contribution in [0.4, 0.5) is 4.39 Å². The predicted molar refractivity (Wildman–Crippen MR) is 54.5 cm³/mol. The van der Waals surface area contributed by atoms with Gasteiger partial charge in [0, 0.05) is 23.9 Å². The highest BCUT2D eigenvalue weighted by atomic mass is 19.1. The fraction of sp³-hybridized carbons (Fsp3) is 0.200. The number of H-pyrrole nitrogens is 1. The minimum Gasteiger partial charge on any atom is -0.330 e. The number of rotatable bonds is 3. The van der Waals surface area contributed by atoms with Gasteiger partial charge in [0.1, 0.15) is 5.82 Å². The van der Waals surface area contributed by atoms with Crippen LogP contribution in [0.2, 0.25) is 0 Å². The van der Waals surface area contributed by atoms with Gasteiger partial charge in [-0.15, -0.1) is 0 Å². The molecule has 2 aromatic rings. The van der Waals surface area contributed by atoms with Gasteiger partial charge in [-0.05, 0) is 18.7 Å². The standard InChI is InChI=1S/C10H11FN4/c11-8-3-7(5-13-6-8)10-4-9(1-2-12)14-15-10/h3-6H,1-2,12H2,(H,14,15). The molecule has 2 aromatic heterocycles. The molecule has 0 aliphatic carbocycles. The summed E-state index contributed by atoms with van der Waals surface area (Å²) in [5.41, 5.74) is 7.70. The van der Waals surface area contributed by atoms with Crippen LogP contribution in [0.1, 0.15) is 5.69 Å². The van der Waals surface area contributed by atoms with Gasteiger partial charge >= 0.3 is 0 Å². The first-order chi connectivity index (χ1) is 7.29. The summed E-state index contributed by atoms with van der Waals surface area (Å²) in [6.07, 6.45) is 3.47. The number of aromatic amines is 1. The summed E-state index contributed by atoms with van der Waals surface area (Å²) in [6, 6.07) is 3.25. The van der Waals surface area contributed by atoms with Crippen LogP contribution < -0.4 is 5.73 Å². The van der Waals surface area contributed by atoms with Crippen LogP contribution in [-0.4, -0.2) is 21.7 Å². The molecule has 15 heavy (non-hydrogen) atoms. The van der Waals surface area contributed by atoms with E-state index in [0.717, 1.165) is 18.3 Å². The molecule has 0 saturated carbocycles. The van der Waals surface area contributed by atoms with E-state index in [2.05, 4.69) is 15.2 Å². The molecule has 0 aliphatic heterocycles. The molecule has 0 radical (unpaired) electrons.